The SMILES string of the molecule is O/N=C\c1ncccc1C(F)(F)F. The maximum atomic E-state index is 12.2. The minimum absolute atomic E-state index is 0.405. The van der Waals surface area contributed by atoms with E-state index in [0.717, 1.165) is 12.1 Å². The average molecular weight is 190 g/mol. The summed E-state index contributed by atoms with van der Waals surface area (Å²) in [6, 6.07) is 2.03. The number of oxime groups is 1. The quantitative estimate of drug-likeness (QED) is 0.417. The van der Waals surface area contributed by atoms with Crippen LogP contribution in [0.4, 0.5) is 13.2 Å². The number of alkyl halides is 3. The summed E-state index contributed by atoms with van der Waals surface area (Å²) in [5, 5.41) is 10.6. The minimum atomic E-state index is -4.48. The van der Waals surface area contributed by atoms with Crippen LogP contribution in [-0.4, -0.2) is 16.4 Å². The van der Waals surface area contributed by atoms with Gasteiger partial charge in [-0.1, -0.05) is 5.16 Å². The van der Waals surface area contributed by atoms with Gasteiger partial charge in [0.15, 0.2) is 0 Å². The second kappa shape index (κ2) is 3.42. The molecule has 0 aliphatic rings. The standard InChI is InChI=1S/C7H5F3N2O/c8-7(9,10)5-2-1-3-11-6(5)4-12-13/h1-4,13H/b12-4-. The largest absolute Gasteiger partial charge is 0.418 e. The van der Waals surface area contributed by atoms with Crippen molar-refractivity contribution in [1.29, 1.82) is 0 Å². The molecule has 1 N–H and O–H groups in total. The molecule has 0 bridgehead atoms. The van der Waals surface area contributed by atoms with Crippen molar-refractivity contribution in [2.75, 3.05) is 0 Å². The molecule has 1 rings (SSSR count). The lowest BCUT2D eigenvalue weighted by Crippen LogP contribution is -2.10. The first-order valence-corrected chi connectivity index (χ1v) is 3.25. The number of halogens is 3. The molecule has 0 radical (unpaired) electrons. The Labute approximate surface area is 71.5 Å². The highest BCUT2D eigenvalue weighted by Gasteiger charge is 2.33. The molecule has 1 heterocycles. The molecule has 0 aromatic carbocycles. The van der Waals surface area contributed by atoms with Crippen molar-refractivity contribution < 1.29 is 18.4 Å². The van der Waals surface area contributed by atoms with E-state index in [1.807, 2.05) is 0 Å². The topological polar surface area (TPSA) is 45.5 Å². The average Bonchev–Trinajstić information content (AvgIpc) is 2.04. The summed E-state index contributed by atoms with van der Waals surface area (Å²) in [7, 11) is 0. The monoisotopic (exact) mass is 190 g/mol. The van der Waals surface area contributed by atoms with Crippen molar-refractivity contribution >= 4 is 6.21 Å². The Morgan fingerprint density at radius 1 is 1.46 bits per heavy atom. The van der Waals surface area contributed by atoms with Crippen LogP contribution < -0.4 is 0 Å². The van der Waals surface area contributed by atoms with Crippen LogP contribution >= 0.6 is 0 Å². The van der Waals surface area contributed by atoms with Gasteiger partial charge in [-0.25, -0.2) is 0 Å². The molecule has 0 aliphatic carbocycles. The van der Waals surface area contributed by atoms with Gasteiger partial charge < -0.3 is 5.21 Å². The van der Waals surface area contributed by atoms with Crippen molar-refractivity contribution in [3.05, 3.63) is 29.6 Å². The third-order valence-electron chi connectivity index (χ3n) is 1.32. The minimum Gasteiger partial charge on any atom is -0.411 e. The van der Waals surface area contributed by atoms with E-state index in [1.54, 1.807) is 0 Å². The Balaban J connectivity index is 3.20. The Kier molecular flexibility index (Phi) is 2.50. The summed E-state index contributed by atoms with van der Waals surface area (Å²) >= 11 is 0. The molecule has 0 atom stereocenters. The van der Waals surface area contributed by atoms with Gasteiger partial charge in [0.1, 0.15) is 0 Å². The van der Waals surface area contributed by atoms with Crippen LogP contribution in [0.3, 0.4) is 0 Å². The summed E-state index contributed by atoms with van der Waals surface area (Å²) in [5.74, 6) is 0. The van der Waals surface area contributed by atoms with Gasteiger partial charge in [-0.05, 0) is 12.1 Å². The molecule has 0 saturated carbocycles. The van der Waals surface area contributed by atoms with Crippen LogP contribution in [0.2, 0.25) is 0 Å². The molecular weight excluding hydrogens is 185 g/mol. The van der Waals surface area contributed by atoms with Gasteiger partial charge in [-0.15, -0.1) is 0 Å². The molecule has 0 saturated heterocycles. The number of nitrogens with zero attached hydrogens (tertiary/aromatic N) is 2. The van der Waals surface area contributed by atoms with E-state index in [-0.39, 0.29) is 0 Å². The molecule has 0 spiro atoms. The van der Waals surface area contributed by atoms with Crippen molar-refractivity contribution in [3.8, 4) is 0 Å². The van der Waals surface area contributed by atoms with Gasteiger partial charge in [-0.3, -0.25) is 4.98 Å². The van der Waals surface area contributed by atoms with E-state index in [9.17, 15) is 13.2 Å². The maximum absolute atomic E-state index is 12.2. The maximum Gasteiger partial charge on any atom is 0.418 e. The third kappa shape index (κ3) is 2.17. The van der Waals surface area contributed by atoms with E-state index in [1.165, 1.54) is 6.20 Å². The first-order valence-electron chi connectivity index (χ1n) is 3.25. The number of aromatic nitrogens is 1. The highest BCUT2D eigenvalue weighted by atomic mass is 19.4. The van der Waals surface area contributed by atoms with Gasteiger partial charge in [0.2, 0.25) is 0 Å². The highest BCUT2D eigenvalue weighted by Crippen LogP contribution is 2.30. The van der Waals surface area contributed by atoms with E-state index >= 15 is 0 Å². The fraction of sp³-hybridized carbons (Fsp3) is 0.143. The fourth-order valence-electron chi connectivity index (χ4n) is 0.815. The van der Waals surface area contributed by atoms with Crippen LogP contribution in [0.5, 0.6) is 0 Å². The van der Waals surface area contributed by atoms with Crippen molar-refractivity contribution in [3.63, 3.8) is 0 Å². The number of rotatable bonds is 1. The van der Waals surface area contributed by atoms with E-state index in [0.29, 0.717) is 6.21 Å². The highest BCUT2D eigenvalue weighted by molar-refractivity contribution is 5.78. The molecule has 6 heteroatoms. The summed E-state index contributed by atoms with van der Waals surface area (Å²) in [4.78, 5) is 3.41. The third-order valence-corrected chi connectivity index (χ3v) is 1.32. The van der Waals surface area contributed by atoms with Gasteiger partial charge in [0, 0.05) is 6.20 Å². The Hall–Kier alpha value is -1.59. The molecule has 3 nitrogen and oxygen atoms in total. The summed E-state index contributed by atoms with van der Waals surface area (Å²) in [5.41, 5.74) is -1.33. The van der Waals surface area contributed by atoms with Crippen LogP contribution in [0.1, 0.15) is 11.3 Å². The van der Waals surface area contributed by atoms with Crippen LogP contribution in [0, 0.1) is 0 Å². The summed E-state index contributed by atoms with van der Waals surface area (Å²) in [6.45, 7) is 0. The zero-order chi connectivity index (χ0) is 9.90. The Morgan fingerprint density at radius 3 is 2.69 bits per heavy atom. The molecule has 1 aromatic heterocycles. The van der Waals surface area contributed by atoms with Crippen LogP contribution in [0.25, 0.3) is 0 Å². The van der Waals surface area contributed by atoms with Gasteiger partial charge in [0.25, 0.3) is 0 Å². The zero-order valence-corrected chi connectivity index (χ0v) is 6.28. The van der Waals surface area contributed by atoms with E-state index in [4.69, 9.17) is 5.21 Å². The number of hydrogen-bond donors (Lipinski definition) is 1. The molecule has 0 amide bonds. The second-order valence-corrected chi connectivity index (χ2v) is 2.18. The molecule has 0 aliphatic heterocycles. The molecular formula is C7H5F3N2O. The van der Waals surface area contributed by atoms with Gasteiger partial charge in [0.05, 0.1) is 17.5 Å². The lowest BCUT2D eigenvalue weighted by atomic mass is 10.2. The van der Waals surface area contributed by atoms with Crippen molar-refractivity contribution in [1.82, 2.24) is 4.98 Å². The first kappa shape index (κ1) is 9.50. The molecule has 0 fully saturated rings. The Morgan fingerprint density at radius 2 is 2.15 bits per heavy atom. The molecule has 1 aromatic rings. The molecule has 13 heavy (non-hydrogen) atoms. The van der Waals surface area contributed by atoms with E-state index < -0.39 is 17.4 Å². The Bertz CT molecular complexity index is 322. The van der Waals surface area contributed by atoms with Crippen LogP contribution in [-0.2, 0) is 6.18 Å². The number of pyridine rings is 1. The fourth-order valence-corrected chi connectivity index (χ4v) is 0.815. The first-order chi connectivity index (χ1) is 6.05. The predicted octanol–water partition coefficient (Wildman–Crippen LogP) is 1.91. The molecule has 70 valence electrons. The van der Waals surface area contributed by atoms with Crippen LogP contribution in [0.15, 0.2) is 23.5 Å². The molecule has 0 unspecified atom stereocenters. The number of hydrogen-bond acceptors (Lipinski definition) is 3. The zero-order valence-electron chi connectivity index (χ0n) is 6.28. The van der Waals surface area contributed by atoms with Crippen molar-refractivity contribution in [2.45, 2.75) is 6.18 Å². The summed E-state index contributed by atoms with van der Waals surface area (Å²) < 4.78 is 36.6. The predicted molar refractivity (Wildman–Crippen MR) is 38.6 cm³/mol. The smallest absolute Gasteiger partial charge is 0.411 e. The van der Waals surface area contributed by atoms with Gasteiger partial charge >= 0.3 is 6.18 Å². The summed E-state index contributed by atoms with van der Waals surface area (Å²) in [6.07, 6.45) is -2.65. The normalized spacial score (nSPS) is 12.2. The second-order valence-electron chi connectivity index (χ2n) is 2.18. The lowest BCUT2D eigenvalue weighted by Gasteiger charge is -2.07. The lowest BCUT2D eigenvalue weighted by molar-refractivity contribution is -0.137. The van der Waals surface area contributed by atoms with E-state index in [2.05, 4.69) is 10.1 Å². The van der Waals surface area contributed by atoms with Crippen molar-refractivity contribution in [2.24, 2.45) is 5.16 Å². The van der Waals surface area contributed by atoms with Gasteiger partial charge in [-0.2, -0.15) is 13.2 Å².